The molecule has 0 bridgehead atoms. The van der Waals surface area contributed by atoms with E-state index in [1.54, 1.807) is 0 Å². The zero-order chi connectivity index (χ0) is 8.23. The molecule has 1 nitrogen and oxygen atoms in total. The number of hydrogen-bond donors (Lipinski definition) is 1. The first-order valence-corrected chi connectivity index (χ1v) is 4.71. The summed E-state index contributed by atoms with van der Waals surface area (Å²) in [6.45, 7) is 1.23. The van der Waals surface area contributed by atoms with Crippen molar-refractivity contribution in [3.63, 3.8) is 0 Å². The molecule has 1 N–H and O–H groups in total. The van der Waals surface area contributed by atoms with Crippen LogP contribution in [0.1, 0.15) is 19.3 Å². The van der Waals surface area contributed by atoms with Crippen LogP contribution in [0, 0.1) is 0 Å². The zero-order valence-electron chi connectivity index (χ0n) is 7.29. The topological polar surface area (TPSA) is 21.9 Å². The largest absolute Gasteiger partial charge is 0.311 e. The number of rotatable bonds is 3. The van der Waals surface area contributed by atoms with Crippen LogP contribution in [0.5, 0.6) is 0 Å². The molecule has 0 spiro atoms. The van der Waals surface area contributed by atoms with Crippen molar-refractivity contribution < 1.29 is 0 Å². The minimum absolute atomic E-state index is 0.812. The van der Waals surface area contributed by atoms with Crippen molar-refractivity contribution in [2.45, 2.75) is 25.3 Å². The molecule has 2 rings (SSSR count). The third-order valence-corrected chi connectivity index (χ3v) is 2.32. The lowest BCUT2D eigenvalue weighted by molar-refractivity contribution is 0.805. The normalized spacial score (nSPS) is 26.7. The molecule has 0 aromatic rings. The molecule has 12 heavy (non-hydrogen) atoms. The number of allylic oxidation sites excluding steroid dienone is 6. The maximum atomic E-state index is 3.32. The number of hydrogen-bond acceptors (Lipinski definition) is 1. The van der Waals surface area contributed by atoms with Crippen molar-refractivity contribution in [1.29, 1.82) is 0 Å². The molecule has 0 saturated carbocycles. The van der Waals surface area contributed by atoms with Gasteiger partial charge in [-0.25, -0.2) is 0 Å². The standard InChI is InChI=1S/C11H15N/c1-2-4-6-10(5-3-1)7-8-11-9-12-11/h1,3-6,11-12H,2,7-9H2. The van der Waals surface area contributed by atoms with Crippen LogP contribution in [0.25, 0.3) is 0 Å². The predicted octanol–water partition coefficient (Wildman–Crippen LogP) is 2.18. The van der Waals surface area contributed by atoms with Gasteiger partial charge in [-0.2, -0.15) is 0 Å². The van der Waals surface area contributed by atoms with E-state index >= 15 is 0 Å². The van der Waals surface area contributed by atoms with Crippen molar-refractivity contribution in [2.75, 3.05) is 6.54 Å². The third-order valence-electron chi connectivity index (χ3n) is 2.32. The van der Waals surface area contributed by atoms with Crippen LogP contribution in [0.2, 0.25) is 0 Å². The summed E-state index contributed by atoms with van der Waals surface area (Å²) < 4.78 is 0. The molecule has 0 radical (unpaired) electrons. The van der Waals surface area contributed by atoms with Crippen LogP contribution >= 0.6 is 0 Å². The highest BCUT2D eigenvalue weighted by Crippen LogP contribution is 2.15. The van der Waals surface area contributed by atoms with Gasteiger partial charge in [-0.3, -0.25) is 0 Å². The van der Waals surface area contributed by atoms with Gasteiger partial charge in [-0.1, -0.05) is 30.4 Å². The minimum Gasteiger partial charge on any atom is -0.311 e. The molecule has 2 aliphatic rings. The van der Waals surface area contributed by atoms with Gasteiger partial charge in [0, 0.05) is 12.6 Å². The molecular weight excluding hydrogens is 146 g/mol. The summed E-state index contributed by atoms with van der Waals surface area (Å²) in [7, 11) is 0. The highest BCUT2D eigenvalue weighted by molar-refractivity contribution is 5.27. The van der Waals surface area contributed by atoms with E-state index in [2.05, 4.69) is 35.7 Å². The zero-order valence-corrected chi connectivity index (χ0v) is 7.29. The van der Waals surface area contributed by atoms with Crippen LogP contribution in [0.15, 0.2) is 36.0 Å². The van der Waals surface area contributed by atoms with Gasteiger partial charge in [0.05, 0.1) is 0 Å². The average Bonchev–Trinajstić information content (AvgIpc) is 2.90. The van der Waals surface area contributed by atoms with Gasteiger partial charge >= 0.3 is 0 Å². The summed E-state index contributed by atoms with van der Waals surface area (Å²) in [6.07, 6.45) is 14.7. The quantitative estimate of drug-likeness (QED) is 0.630. The van der Waals surface area contributed by atoms with Crippen LogP contribution in [0.4, 0.5) is 0 Å². The molecule has 1 atom stereocenters. The SMILES string of the molecule is C1=CCC=CC(CCC2CN2)=C1. The average molecular weight is 161 g/mol. The molecular formula is C11H15N. The third kappa shape index (κ3) is 2.35. The molecule has 64 valence electrons. The first-order valence-electron chi connectivity index (χ1n) is 4.71. The van der Waals surface area contributed by atoms with Gasteiger partial charge in [-0.05, 0) is 24.8 Å². The molecule has 0 aromatic heterocycles. The van der Waals surface area contributed by atoms with E-state index in [1.165, 1.54) is 25.0 Å². The monoisotopic (exact) mass is 161 g/mol. The maximum absolute atomic E-state index is 3.32. The van der Waals surface area contributed by atoms with Gasteiger partial charge in [0.15, 0.2) is 0 Å². The Balaban J connectivity index is 1.83. The van der Waals surface area contributed by atoms with Crippen LogP contribution in [0.3, 0.4) is 0 Å². The van der Waals surface area contributed by atoms with Crippen LogP contribution in [-0.2, 0) is 0 Å². The predicted molar refractivity (Wildman–Crippen MR) is 52.0 cm³/mol. The van der Waals surface area contributed by atoms with E-state index in [9.17, 15) is 0 Å². The Morgan fingerprint density at radius 2 is 2.33 bits per heavy atom. The lowest BCUT2D eigenvalue weighted by Gasteiger charge is -1.97. The molecule has 1 fully saturated rings. The number of nitrogens with one attached hydrogen (secondary N) is 1. The summed E-state index contributed by atoms with van der Waals surface area (Å²) in [5.74, 6) is 0. The minimum atomic E-state index is 0.812. The van der Waals surface area contributed by atoms with Crippen molar-refractivity contribution in [2.24, 2.45) is 0 Å². The van der Waals surface area contributed by atoms with Crippen LogP contribution < -0.4 is 5.32 Å². The second-order valence-electron chi connectivity index (χ2n) is 3.45. The van der Waals surface area contributed by atoms with Gasteiger partial charge in [0.1, 0.15) is 0 Å². The van der Waals surface area contributed by atoms with Gasteiger partial charge < -0.3 is 5.32 Å². The summed E-state index contributed by atoms with van der Waals surface area (Å²) >= 11 is 0. The van der Waals surface area contributed by atoms with Crippen molar-refractivity contribution in [3.8, 4) is 0 Å². The molecule has 0 aromatic carbocycles. The Morgan fingerprint density at radius 1 is 1.42 bits per heavy atom. The molecule has 1 aliphatic heterocycles. The van der Waals surface area contributed by atoms with Crippen molar-refractivity contribution >= 4 is 0 Å². The molecule has 1 heteroatoms. The molecule has 1 aliphatic carbocycles. The lowest BCUT2D eigenvalue weighted by Crippen LogP contribution is -1.90. The van der Waals surface area contributed by atoms with Gasteiger partial charge in [0.25, 0.3) is 0 Å². The summed E-state index contributed by atoms with van der Waals surface area (Å²) in [4.78, 5) is 0. The molecule has 1 unspecified atom stereocenters. The lowest BCUT2D eigenvalue weighted by atomic mass is 10.1. The fourth-order valence-electron chi connectivity index (χ4n) is 1.42. The summed E-state index contributed by atoms with van der Waals surface area (Å²) in [5.41, 5.74) is 1.47. The highest BCUT2D eigenvalue weighted by Gasteiger charge is 2.18. The molecule has 1 heterocycles. The summed E-state index contributed by atoms with van der Waals surface area (Å²) in [6, 6.07) is 0.812. The molecule has 0 amide bonds. The molecule has 1 saturated heterocycles. The Bertz CT molecular complexity index is 231. The van der Waals surface area contributed by atoms with E-state index in [-0.39, 0.29) is 0 Å². The van der Waals surface area contributed by atoms with Crippen molar-refractivity contribution in [1.82, 2.24) is 5.32 Å². The Kier molecular flexibility index (Phi) is 2.42. The Morgan fingerprint density at radius 3 is 3.17 bits per heavy atom. The Labute approximate surface area is 73.9 Å². The fraction of sp³-hybridized carbons (Fsp3) is 0.455. The van der Waals surface area contributed by atoms with E-state index < -0.39 is 0 Å². The second kappa shape index (κ2) is 3.72. The van der Waals surface area contributed by atoms with E-state index in [1.807, 2.05) is 0 Å². The second-order valence-corrected chi connectivity index (χ2v) is 3.45. The Hall–Kier alpha value is -0.820. The summed E-state index contributed by atoms with van der Waals surface area (Å²) in [5, 5.41) is 3.32. The van der Waals surface area contributed by atoms with E-state index in [0.29, 0.717) is 0 Å². The fourth-order valence-corrected chi connectivity index (χ4v) is 1.42. The van der Waals surface area contributed by atoms with Crippen molar-refractivity contribution in [3.05, 3.63) is 36.0 Å². The first kappa shape index (κ1) is 7.81. The first-order chi connectivity index (χ1) is 5.95. The smallest absolute Gasteiger partial charge is 0.0196 e. The van der Waals surface area contributed by atoms with Gasteiger partial charge in [0.2, 0.25) is 0 Å². The highest BCUT2D eigenvalue weighted by atomic mass is 15.1. The van der Waals surface area contributed by atoms with Gasteiger partial charge in [-0.15, -0.1) is 0 Å². The maximum Gasteiger partial charge on any atom is 0.0196 e. The van der Waals surface area contributed by atoms with Crippen LogP contribution in [-0.4, -0.2) is 12.6 Å². The van der Waals surface area contributed by atoms with E-state index in [4.69, 9.17) is 0 Å². The van der Waals surface area contributed by atoms with E-state index in [0.717, 1.165) is 12.5 Å².